The molecule has 0 aliphatic carbocycles. The molecule has 30 heavy (non-hydrogen) atoms. The molecule has 160 valence electrons. The number of likely N-dealkylation sites (tertiary alicyclic amines) is 1. The number of rotatable bonds is 6. The summed E-state index contributed by atoms with van der Waals surface area (Å²) in [5.74, 6) is -2.15. The highest BCUT2D eigenvalue weighted by atomic mass is 32.1. The molecule has 0 radical (unpaired) electrons. The van der Waals surface area contributed by atoms with Gasteiger partial charge in [-0.1, -0.05) is 24.3 Å². The third-order valence-electron chi connectivity index (χ3n) is 5.77. The minimum atomic E-state index is -1.13. The number of nitrogens with one attached hydrogen (secondary N) is 2. The van der Waals surface area contributed by atoms with E-state index in [0.717, 1.165) is 4.88 Å². The lowest BCUT2D eigenvalue weighted by atomic mass is 9.74. The minimum absolute atomic E-state index is 0.213. The molecular weight excluding hydrogens is 402 g/mol. The Morgan fingerprint density at radius 1 is 1.37 bits per heavy atom. The molecule has 0 aromatic carbocycles. The normalized spacial score (nSPS) is 31.7. The van der Waals surface area contributed by atoms with Crippen LogP contribution in [0, 0.1) is 11.8 Å². The monoisotopic (exact) mass is 429 g/mol. The first-order valence-electron chi connectivity index (χ1n) is 10.1. The van der Waals surface area contributed by atoms with Crippen molar-refractivity contribution in [3.63, 3.8) is 0 Å². The Hall–Kier alpha value is -2.45. The molecule has 0 saturated carbocycles. The maximum absolute atomic E-state index is 13.4. The van der Waals surface area contributed by atoms with Crippen molar-refractivity contribution in [2.24, 2.45) is 11.8 Å². The van der Waals surface area contributed by atoms with E-state index >= 15 is 0 Å². The van der Waals surface area contributed by atoms with Gasteiger partial charge in [0.25, 0.3) is 0 Å². The predicted molar refractivity (Wildman–Crippen MR) is 113 cm³/mol. The Morgan fingerprint density at radius 2 is 2.13 bits per heavy atom. The van der Waals surface area contributed by atoms with E-state index in [1.165, 1.54) is 4.90 Å². The van der Waals surface area contributed by atoms with E-state index < -0.39 is 35.1 Å². The second-order valence-corrected chi connectivity index (χ2v) is 10.0. The minimum Gasteiger partial charge on any atom is -0.359 e. The maximum atomic E-state index is 13.4. The number of thiophene rings is 1. The van der Waals surface area contributed by atoms with E-state index in [9.17, 15) is 14.4 Å². The lowest BCUT2D eigenvalue weighted by Crippen LogP contribution is -2.57. The molecule has 2 bridgehead atoms. The fraction of sp³-hybridized carbons (Fsp3) is 0.500. The summed E-state index contributed by atoms with van der Waals surface area (Å²) >= 11 is 1.56. The summed E-state index contributed by atoms with van der Waals surface area (Å²) in [5, 5.41) is 7.86. The van der Waals surface area contributed by atoms with Gasteiger partial charge in [-0.3, -0.25) is 14.4 Å². The van der Waals surface area contributed by atoms with E-state index in [4.69, 9.17) is 4.74 Å². The molecule has 5 atom stereocenters. The van der Waals surface area contributed by atoms with E-state index in [2.05, 4.69) is 17.2 Å². The summed E-state index contributed by atoms with van der Waals surface area (Å²) < 4.78 is 6.22. The highest BCUT2D eigenvalue weighted by Crippen LogP contribution is 2.55. The number of fused-ring (bicyclic) bond motifs is 1. The van der Waals surface area contributed by atoms with Crippen LogP contribution in [0.3, 0.4) is 0 Å². The van der Waals surface area contributed by atoms with Gasteiger partial charge in [0.15, 0.2) is 0 Å². The van der Waals surface area contributed by atoms with E-state index in [-0.39, 0.29) is 24.3 Å². The first-order valence-corrected chi connectivity index (χ1v) is 11.0. The summed E-state index contributed by atoms with van der Waals surface area (Å²) in [7, 11) is 0. The van der Waals surface area contributed by atoms with Crippen molar-refractivity contribution in [3.8, 4) is 0 Å². The molecule has 2 saturated heterocycles. The van der Waals surface area contributed by atoms with Crippen molar-refractivity contribution in [2.45, 2.75) is 50.6 Å². The Morgan fingerprint density at radius 3 is 2.77 bits per heavy atom. The van der Waals surface area contributed by atoms with Crippen LogP contribution in [-0.2, 0) is 25.7 Å². The fourth-order valence-corrected chi connectivity index (χ4v) is 5.39. The number of hydrogen-bond acceptors (Lipinski definition) is 5. The van der Waals surface area contributed by atoms with Crippen LogP contribution >= 0.6 is 11.3 Å². The zero-order valence-corrected chi connectivity index (χ0v) is 18.2. The molecule has 3 amide bonds. The zero-order valence-electron chi connectivity index (χ0n) is 17.4. The number of nitrogens with zero attached hydrogens (tertiary/aromatic N) is 1. The van der Waals surface area contributed by atoms with Gasteiger partial charge >= 0.3 is 0 Å². The smallest absolute Gasteiger partial charge is 0.246 e. The van der Waals surface area contributed by atoms with Gasteiger partial charge in [-0.15, -0.1) is 17.9 Å². The highest BCUT2D eigenvalue weighted by Gasteiger charge is 2.72. The average Bonchev–Trinajstić information content (AvgIpc) is 3.41. The number of ether oxygens (including phenoxy) is 1. The topological polar surface area (TPSA) is 87.7 Å². The molecule has 4 rings (SSSR count). The molecule has 2 fully saturated rings. The van der Waals surface area contributed by atoms with Gasteiger partial charge in [0.05, 0.1) is 24.5 Å². The summed E-state index contributed by atoms with van der Waals surface area (Å²) in [5.41, 5.74) is -1.60. The second kappa shape index (κ2) is 7.35. The SMILES string of the molecule is C=CCN1C(=O)[C@@H]2[C@H](C(=O)NCc3cccs3)[C@H]3C=C[C@@]2(O3)[C@@H]1C(=O)NC(C)(C)C. The van der Waals surface area contributed by atoms with Crippen molar-refractivity contribution >= 4 is 29.1 Å². The highest BCUT2D eigenvalue weighted by molar-refractivity contribution is 7.09. The average molecular weight is 430 g/mol. The lowest BCUT2D eigenvalue weighted by molar-refractivity contribution is -0.141. The standard InChI is InChI=1S/C22H27N3O4S/c1-5-10-25-17(19(27)24-21(2,3)4)22-9-8-14(29-22)15(16(22)20(25)28)18(26)23-12-13-7-6-11-30-13/h5-9,11,14-17H,1,10,12H2,2-4H3,(H,23,26)(H,24,27)/t14-,15-,16+,17+,22+/m1/s1. The largest absolute Gasteiger partial charge is 0.359 e. The number of hydrogen-bond donors (Lipinski definition) is 2. The summed E-state index contributed by atoms with van der Waals surface area (Å²) in [6.07, 6.45) is 4.69. The van der Waals surface area contributed by atoms with Gasteiger partial charge in [0, 0.05) is 17.0 Å². The van der Waals surface area contributed by atoms with Gasteiger partial charge in [-0.25, -0.2) is 0 Å². The van der Waals surface area contributed by atoms with Crippen LogP contribution in [-0.4, -0.2) is 52.5 Å². The third-order valence-corrected chi connectivity index (χ3v) is 6.64. The third kappa shape index (κ3) is 3.28. The Labute approximate surface area is 180 Å². The first-order chi connectivity index (χ1) is 14.2. The van der Waals surface area contributed by atoms with Crippen molar-refractivity contribution in [1.29, 1.82) is 0 Å². The van der Waals surface area contributed by atoms with Crippen LogP contribution in [0.2, 0.25) is 0 Å². The molecule has 7 nitrogen and oxygen atoms in total. The molecule has 1 aromatic rings. The summed E-state index contributed by atoms with van der Waals surface area (Å²) in [6, 6.07) is 3.03. The van der Waals surface area contributed by atoms with Crippen LogP contribution in [0.25, 0.3) is 0 Å². The van der Waals surface area contributed by atoms with E-state index in [1.54, 1.807) is 23.5 Å². The molecule has 2 N–H and O–H groups in total. The van der Waals surface area contributed by atoms with Gasteiger partial charge < -0.3 is 20.3 Å². The molecule has 1 spiro atoms. The summed E-state index contributed by atoms with van der Waals surface area (Å²) in [6.45, 7) is 10.0. The van der Waals surface area contributed by atoms with Crippen molar-refractivity contribution in [1.82, 2.24) is 15.5 Å². The van der Waals surface area contributed by atoms with Gasteiger partial charge in [0.2, 0.25) is 17.7 Å². The summed E-state index contributed by atoms with van der Waals surface area (Å²) in [4.78, 5) is 42.2. The van der Waals surface area contributed by atoms with Crippen LogP contribution in [0.15, 0.2) is 42.3 Å². The van der Waals surface area contributed by atoms with Crippen molar-refractivity contribution < 1.29 is 19.1 Å². The second-order valence-electron chi connectivity index (χ2n) is 9.02. The molecule has 3 aliphatic heterocycles. The van der Waals surface area contributed by atoms with Crippen LogP contribution in [0.5, 0.6) is 0 Å². The lowest BCUT2D eigenvalue weighted by Gasteiger charge is -2.34. The van der Waals surface area contributed by atoms with Gasteiger partial charge in [0.1, 0.15) is 11.6 Å². The zero-order chi connectivity index (χ0) is 21.7. The number of amides is 3. The van der Waals surface area contributed by atoms with Crippen molar-refractivity contribution in [3.05, 3.63) is 47.2 Å². The molecule has 3 aliphatic rings. The predicted octanol–water partition coefficient (Wildman–Crippen LogP) is 1.62. The Kier molecular flexibility index (Phi) is 5.10. The molecule has 8 heteroatoms. The molecular formula is C22H27N3O4S. The van der Waals surface area contributed by atoms with Crippen molar-refractivity contribution in [2.75, 3.05) is 6.54 Å². The quantitative estimate of drug-likeness (QED) is 0.673. The van der Waals surface area contributed by atoms with Crippen LogP contribution < -0.4 is 10.6 Å². The Bertz CT molecular complexity index is 904. The van der Waals surface area contributed by atoms with Gasteiger partial charge in [-0.2, -0.15) is 0 Å². The van der Waals surface area contributed by atoms with E-state index in [0.29, 0.717) is 6.54 Å². The molecule has 4 heterocycles. The number of carbonyl (C=O) groups is 3. The number of carbonyl (C=O) groups excluding carboxylic acids is 3. The van der Waals surface area contributed by atoms with Crippen LogP contribution in [0.4, 0.5) is 0 Å². The first kappa shape index (κ1) is 20.8. The fourth-order valence-electron chi connectivity index (χ4n) is 4.75. The van der Waals surface area contributed by atoms with Gasteiger partial charge in [-0.05, 0) is 32.2 Å². The van der Waals surface area contributed by atoms with E-state index in [1.807, 2.05) is 44.4 Å². The van der Waals surface area contributed by atoms with Crippen LogP contribution in [0.1, 0.15) is 25.6 Å². The molecule has 1 aromatic heterocycles. The Balaban J connectivity index is 1.63. The maximum Gasteiger partial charge on any atom is 0.246 e. The molecule has 0 unspecified atom stereocenters.